The molecule has 2 fully saturated rings. The van der Waals surface area contributed by atoms with Crippen LogP contribution >= 0.6 is 11.8 Å². The molecular weight excluding hydrogens is 230 g/mol. The van der Waals surface area contributed by atoms with Gasteiger partial charge in [-0.3, -0.25) is 0 Å². The van der Waals surface area contributed by atoms with E-state index >= 15 is 0 Å². The first-order valence-electron chi connectivity index (χ1n) is 7.22. The van der Waals surface area contributed by atoms with Gasteiger partial charge in [0, 0.05) is 16.8 Å². The van der Waals surface area contributed by atoms with Gasteiger partial charge in [0.05, 0.1) is 6.61 Å². The van der Waals surface area contributed by atoms with Crippen LogP contribution in [0, 0.1) is 0 Å². The summed E-state index contributed by atoms with van der Waals surface area (Å²) >= 11 is 2.14. The summed E-state index contributed by atoms with van der Waals surface area (Å²) in [7, 11) is 0. The zero-order valence-corrected chi connectivity index (χ0v) is 11.9. The summed E-state index contributed by atoms with van der Waals surface area (Å²) in [6, 6.07) is 0.687. The average molecular weight is 257 g/mol. The molecule has 0 radical (unpaired) electrons. The highest BCUT2D eigenvalue weighted by molar-refractivity contribution is 7.99. The van der Waals surface area contributed by atoms with E-state index in [4.69, 9.17) is 0 Å². The largest absolute Gasteiger partial charge is 0.394 e. The summed E-state index contributed by atoms with van der Waals surface area (Å²) in [5.41, 5.74) is -0.0389. The lowest BCUT2D eigenvalue weighted by Crippen LogP contribution is -2.47. The molecule has 2 aliphatic carbocycles. The average Bonchev–Trinajstić information content (AvgIpc) is 3.14. The minimum Gasteiger partial charge on any atom is -0.394 e. The number of thioether (sulfide) groups is 1. The van der Waals surface area contributed by atoms with Gasteiger partial charge in [0.2, 0.25) is 0 Å². The second-order valence-corrected chi connectivity index (χ2v) is 7.43. The van der Waals surface area contributed by atoms with Gasteiger partial charge in [-0.15, -0.1) is 0 Å². The summed E-state index contributed by atoms with van der Waals surface area (Å²) in [4.78, 5) is 0. The van der Waals surface area contributed by atoms with E-state index in [1.54, 1.807) is 0 Å². The van der Waals surface area contributed by atoms with Crippen LogP contribution in [0.3, 0.4) is 0 Å². The van der Waals surface area contributed by atoms with E-state index in [-0.39, 0.29) is 12.1 Å². The van der Waals surface area contributed by atoms with Crippen LogP contribution in [-0.4, -0.2) is 34.3 Å². The predicted molar refractivity (Wildman–Crippen MR) is 75.6 cm³/mol. The molecule has 0 aliphatic heterocycles. The number of rotatable bonds is 7. The maximum atomic E-state index is 9.53. The molecule has 0 saturated heterocycles. The highest BCUT2D eigenvalue weighted by atomic mass is 32.2. The Kier molecular flexibility index (Phi) is 5.19. The Morgan fingerprint density at radius 2 is 1.88 bits per heavy atom. The summed E-state index contributed by atoms with van der Waals surface area (Å²) in [6.07, 6.45) is 10.8. The molecule has 100 valence electrons. The molecule has 2 saturated carbocycles. The van der Waals surface area contributed by atoms with Crippen LogP contribution in [0.4, 0.5) is 0 Å². The fourth-order valence-corrected chi connectivity index (χ4v) is 4.17. The van der Waals surface area contributed by atoms with Gasteiger partial charge in [-0.1, -0.05) is 19.3 Å². The third-order valence-electron chi connectivity index (χ3n) is 4.04. The smallest absolute Gasteiger partial charge is 0.0610 e. The second-order valence-electron chi connectivity index (χ2n) is 6.02. The second kappa shape index (κ2) is 6.44. The lowest BCUT2D eigenvalue weighted by atomic mass is 10.00. The molecular formula is C14H27NOS. The van der Waals surface area contributed by atoms with Crippen LogP contribution in [0.1, 0.15) is 58.3 Å². The van der Waals surface area contributed by atoms with Gasteiger partial charge >= 0.3 is 0 Å². The molecule has 2 nitrogen and oxygen atoms in total. The van der Waals surface area contributed by atoms with Gasteiger partial charge in [-0.25, -0.2) is 0 Å². The Morgan fingerprint density at radius 1 is 1.18 bits per heavy atom. The highest BCUT2D eigenvalue weighted by Gasteiger charge is 2.31. The zero-order chi connectivity index (χ0) is 12.1. The van der Waals surface area contributed by atoms with Crippen molar-refractivity contribution in [2.75, 3.05) is 12.4 Å². The summed E-state index contributed by atoms with van der Waals surface area (Å²) in [5, 5.41) is 14.0. The molecule has 2 aliphatic rings. The van der Waals surface area contributed by atoms with Crippen molar-refractivity contribution in [3.05, 3.63) is 0 Å². The van der Waals surface area contributed by atoms with E-state index < -0.39 is 0 Å². The Labute approximate surface area is 110 Å². The highest BCUT2D eigenvalue weighted by Crippen LogP contribution is 2.30. The standard InChI is InChI=1S/C14H27NOS/c1-14(11-16,15-12-7-8-12)9-10-17-13-5-3-2-4-6-13/h12-13,15-16H,2-11H2,1H3. The molecule has 2 N–H and O–H groups in total. The molecule has 0 bridgehead atoms. The number of nitrogens with one attached hydrogen (secondary N) is 1. The molecule has 0 spiro atoms. The SMILES string of the molecule is CC(CO)(CCSC1CCCCC1)NC1CC1. The van der Waals surface area contributed by atoms with Crippen molar-refractivity contribution < 1.29 is 5.11 Å². The molecule has 1 atom stereocenters. The van der Waals surface area contributed by atoms with Crippen LogP contribution in [0.5, 0.6) is 0 Å². The molecule has 0 aromatic heterocycles. The van der Waals surface area contributed by atoms with Crippen molar-refractivity contribution in [2.45, 2.75) is 75.1 Å². The van der Waals surface area contributed by atoms with Crippen LogP contribution in [0.2, 0.25) is 0 Å². The first kappa shape index (κ1) is 13.7. The van der Waals surface area contributed by atoms with E-state index in [0.717, 1.165) is 11.7 Å². The summed E-state index contributed by atoms with van der Waals surface area (Å²) < 4.78 is 0. The van der Waals surface area contributed by atoms with Gasteiger partial charge < -0.3 is 10.4 Å². The van der Waals surface area contributed by atoms with E-state index in [1.807, 2.05) is 0 Å². The molecule has 2 rings (SSSR count). The first-order valence-corrected chi connectivity index (χ1v) is 8.27. The van der Waals surface area contributed by atoms with Gasteiger partial charge in [0.15, 0.2) is 0 Å². The lowest BCUT2D eigenvalue weighted by Gasteiger charge is -2.30. The van der Waals surface area contributed by atoms with Gasteiger partial charge in [-0.2, -0.15) is 11.8 Å². The Bertz CT molecular complexity index is 226. The van der Waals surface area contributed by atoms with Crippen molar-refractivity contribution >= 4 is 11.8 Å². The summed E-state index contributed by atoms with van der Waals surface area (Å²) in [5.74, 6) is 1.20. The van der Waals surface area contributed by atoms with Gasteiger partial charge in [0.25, 0.3) is 0 Å². The van der Waals surface area contributed by atoms with Crippen LogP contribution < -0.4 is 5.32 Å². The molecule has 3 heteroatoms. The van der Waals surface area contributed by atoms with Gasteiger partial charge in [-0.05, 0) is 44.8 Å². The predicted octanol–water partition coefficient (Wildman–Crippen LogP) is 2.95. The first-order chi connectivity index (χ1) is 8.22. The van der Waals surface area contributed by atoms with Crippen molar-refractivity contribution in [3.63, 3.8) is 0 Å². The number of hydrogen-bond donors (Lipinski definition) is 2. The monoisotopic (exact) mass is 257 g/mol. The third-order valence-corrected chi connectivity index (χ3v) is 5.42. The van der Waals surface area contributed by atoms with Crippen LogP contribution in [0.15, 0.2) is 0 Å². The van der Waals surface area contributed by atoms with Gasteiger partial charge in [0.1, 0.15) is 0 Å². The minimum absolute atomic E-state index is 0.0389. The molecule has 0 aromatic carbocycles. The molecule has 0 aromatic rings. The number of aliphatic hydroxyl groups excluding tert-OH is 1. The maximum Gasteiger partial charge on any atom is 0.0610 e. The van der Waals surface area contributed by atoms with Crippen molar-refractivity contribution in [1.29, 1.82) is 0 Å². The van der Waals surface area contributed by atoms with Crippen molar-refractivity contribution in [1.82, 2.24) is 5.32 Å². The topological polar surface area (TPSA) is 32.3 Å². The molecule has 0 heterocycles. The Balaban J connectivity index is 1.64. The fourth-order valence-electron chi connectivity index (χ4n) is 2.60. The fraction of sp³-hybridized carbons (Fsp3) is 1.00. The van der Waals surface area contributed by atoms with Crippen LogP contribution in [0.25, 0.3) is 0 Å². The minimum atomic E-state index is -0.0389. The van der Waals surface area contributed by atoms with Crippen LogP contribution in [-0.2, 0) is 0 Å². The quantitative estimate of drug-likeness (QED) is 0.735. The Hall–Kier alpha value is 0.270. The van der Waals surface area contributed by atoms with E-state index in [9.17, 15) is 5.11 Å². The molecule has 17 heavy (non-hydrogen) atoms. The normalized spacial score (nSPS) is 25.8. The van der Waals surface area contributed by atoms with E-state index in [0.29, 0.717) is 6.04 Å². The van der Waals surface area contributed by atoms with E-state index in [1.165, 1.54) is 50.7 Å². The third kappa shape index (κ3) is 4.80. The number of aliphatic hydroxyl groups is 1. The van der Waals surface area contributed by atoms with Crippen molar-refractivity contribution in [3.8, 4) is 0 Å². The van der Waals surface area contributed by atoms with Crippen molar-refractivity contribution in [2.24, 2.45) is 0 Å². The summed E-state index contributed by atoms with van der Waals surface area (Å²) in [6.45, 7) is 2.45. The maximum absolute atomic E-state index is 9.53. The molecule has 1 unspecified atom stereocenters. The Morgan fingerprint density at radius 3 is 2.47 bits per heavy atom. The zero-order valence-electron chi connectivity index (χ0n) is 11.1. The number of hydrogen-bond acceptors (Lipinski definition) is 3. The van der Waals surface area contributed by atoms with E-state index in [2.05, 4.69) is 24.0 Å². The lowest BCUT2D eigenvalue weighted by molar-refractivity contribution is 0.169. The molecule has 0 amide bonds.